The predicted molar refractivity (Wildman–Crippen MR) is 61.1 cm³/mol. The number of hydrogen-bond acceptors (Lipinski definition) is 3. The summed E-state index contributed by atoms with van der Waals surface area (Å²) >= 11 is 0. The molecule has 1 unspecified atom stereocenters. The van der Waals surface area contributed by atoms with E-state index in [1.54, 1.807) is 0 Å². The van der Waals surface area contributed by atoms with Crippen LogP contribution in [0.15, 0.2) is 18.2 Å². The van der Waals surface area contributed by atoms with Crippen LogP contribution in [0.3, 0.4) is 0 Å². The van der Waals surface area contributed by atoms with Gasteiger partial charge in [-0.15, -0.1) is 0 Å². The van der Waals surface area contributed by atoms with Crippen molar-refractivity contribution in [2.24, 2.45) is 0 Å². The summed E-state index contributed by atoms with van der Waals surface area (Å²) in [6.07, 6.45) is 0.723. The molecule has 1 aromatic carbocycles. The summed E-state index contributed by atoms with van der Waals surface area (Å²) in [5.74, 6) is -1.59. The van der Waals surface area contributed by atoms with Gasteiger partial charge in [-0.3, -0.25) is 0 Å². The third-order valence-electron chi connectivity index (χ3n) is 2.76. The normalized spacial score (nSPS) is 20.2. The highest BCUT2D eigenvalue weighted by molar-refractivity contribution is 5.25. The molecule has 17 heavy (non-hydrogen) atoms. The van der Waals surface area contributed by atoms with Gasteiger partial charge in [-0.25, -0.2) is 8.78 Å². The largest absolute Gasteiger partial charge is 0.488 e. The van der Waals surface area contributed by atoms with E-state index in [9.17, 15) is 8.78 Å². The minimum atomic E-state index is -0.653. The number of para-hydroxylation sites is 1. The molecule has 0 radical (unpaired) electrons. The second kappa shape index (κ2) is 5.93. The van der Waals surface area contributed by atoms with Gasteiger partial charge in [-0.1, -0.05) is 6.07 Å². The number of piperazine rings is 1. The second-order valence-corrected chi connectivity index (χ2v) is 4.04. The molecule has 94 valence electrons. The number of halogens is 2. The van der Waals surface area contributed by atoms with E-state index in [-0.39, 0.29) is 5.75 Å². The Kier molecular flexibility index (Phi) is 4.28. The summed E-state index contributed by atoms with van der Waals surface area (Å²) in [5.41, 5.74) is 0. The molecule has 2 N–H and O–H groups in total. The van der Waals surface area contributed by atoms with Crippen molar-refractivity contribution in [1.82, 2.24) is 10.6 Å². The van der Waals surface area contributed by atoms with E-state index < -0.39 is 11.6 Å². The van der Waals surface area contributed by atoms with E-state index in [4.69, 9.17) is 4.74 Å². The Morgan fingerprint density at radius 3 is 2.65 bits per heavy atom. The van der Waals surface area contributed by atoms with Gasteiger partial charge < -0.3 is 15.4 Å². The highest BCUT2D eigenvalue weighted by Crippen LogP contribution is 2.20. The average molecular weight is 242 g/mol. The second-order valence-electron chi connectivity index (χ2n) is 4.04. The molecule has 1 saturated heterocycles. The van der Waals surface area contributed by atoms with Crippen molar-refractivity contribution < 1.29 is 13.5 Å². The highest BCUT2D eigenvalue weighted by Gasteiger charge is 2.13. The van der Waals surface area contributed by atoms with Gasteiger partial charge >= 0.3 is 0 Å². The summed E-state index contributed by atoms with van der Waals surface area (Å²) in [4.78, 5) is 0. The first kappa shape index (κ1) is 12.3. The monoisotopic (exact) mass is 242 g/mol. The third kappa shape index (κ3) is 3.38. The minimum Gasteiger partial charge on any atom is -0.488 e. The fourth-order valence-corrected chi connectivity index (χ4v) is 1.84. The zero-order valence-electron chi connectivity index (χ0n) is 9.51. The summed E-state index contributed by atoms with van der Waals surface area (Å²) in [7, 11) is 0. The van der Waals surface area contributed by atoms with Gasteiger partial charge in [0.25, 0.3) is 0 Å². The molecular weight excluding hydrogens is 226 g/mol. The van der Waals surface area contributed by atoms with E-state index in [0.29, 0.717) is 12.6 Å². The molecule has 2 rings (SSSR count). The molecule has 0 aromatic heterocycles. The van der Waals surface area contributed by atoms with E-state index in [1.165, 1.54) is 18.2 Å². The number of rotatable bonds is 4. The lowest BCUT2D eigenvalue weighted by molar-refractivity contribution is 0.253. The van der Waals surface area contributed by atoms with Gasteiger partial charge in [0.15, 0.2) is 17.4 Å². The molecule has 3 nitrogen and oxygen atoms in total. The minimum absolute atomic E-state index is 0.281. The van der Waals surface area contributed by atoms with Crippen LogP contribution in [0.4, 0.5) is 8.78 Å². The molecule has 1 atom stereocenters. The summed E-state index contributed by atoms with van der Waals surface area (Å²) in [6.45, 7) is 3.04. The lowest BCUT2D eigenvalue weighted by Gasteiger charge is -2.24. The summed E-state index contributed by atoms with van der Waals surface area (Å²) < 4.78 is 31.6. The maximum atomic E-state index is 13.2. The first-order valence-corrected chi connectivity index (χ1v) is 5.78. The fourth-order valence-electron chi connectivity index (χ4n) is 1.84. The molecule has 0 spiro atoms. The number of nitrogens with one attached hydrogen (secondary N) is 2. The van der Waals surface area contributed by atoms with E-state index in [2.05, 4.69) is 10.6 Å². The Morgan fingerprint density at radius 2 is 2.00 bits per heavy atom. The molecule has 1 aliphatic rings. The van der Waals surface area contributed by atoms with Crippen molar-refractivity contribution in [3.05, 3.63) is 29.8 Å². The Labute approximate surface area is 99.2 Å². The van der Waals surface area contributed by atoms with Crippen LogP contribution in [0.5, 0.6) is 5.75 Å². The lowest BCUT2D eigenvalue weighted by Crippen LogP contribution is -2.48. The standard InChI is InChI=1S/C12H16F2N2O/c13-10-2-1-3-11(14)12(10)17-7-4-9-8-15-5-6-16-9/h1-3,9,15-16H,4-8H2. The van der Waals surface area contributed by atoms with Gasteiger partial charge in [-0.05, 0) is 18.6 Å². The molecule has 5 heteroatoms. The van der Waals surface area contributed by atoms with Crippen LogP contribution in [-0.4, -0.2) is 32.3 Å². The van der Waals surface area contributed by atoms with Gasteiger partial charge in [0.05, 0.1) is 6.61 Å². The topological polar surface area (TPSA) is 33.3 Å². The Morgan fingerprint density at radius 1 is 1.24 bits per heavy atom. The number of hydrogen-bond donors (Lipinski definition) is 2. The van der Waals surface area contributed by atoms with Crippen LogP contribution in [0.1, 0.15) is 6.42 Å². The smallest absolute Gasteiger partial charge is 0.190 e. The van der Waals surface area contributed by atoms with Crippen molar-refractivity contribution >= 4 is 0 Å². The van der Waals surface area contributed by atoms with Crippen molar-refractivity contribution in [1.29, 1.82) is 0 Å². The fraction of sp³-hybridized carbons (Fsp3) is 0.500. The van der Waals surface area contributed by atoms with Gasteiger partial charge in [0.1, 0.15) is 0 Å². The first-order chi connectivity index (χ1) is 8.27. The van der Waals surface area contributed by atoms with Gasteiger partial charge in [0, 0.05) is 25.7 Å². The highest BCUT2D eigenvalue weighted by atomic mass is 19.1. The van der Waals surface area contributed by atoms with E-state index >= 15 is 0 Å². The van der Waals surface area contributed by atoms with Crippen LogP contribution < -0.4 is 15.4 Å². The Bertz CT molecular complexity index is 347. The van der Waals surface area contributed by atoms with Crippen LogP contribution in [0.25, 0.3) is 0 Å². The van der Waals surface area contributed by atoms with Crippen LogP contribution >= 0.6 is 0 Å². The Hall–Kier alpha value is -1.20. The molecule has 0 bridgehead atoms. The number of ether oxygens (including phenoxy) is 1. The van der Waals surface area contributed by atoms with Crippen LogP contribution in [0, 0.1) is 11.6 Å². The van der Waals surface area contributed by atoms with Crippen molar-refractivity contribution in [2.75, 3.05) is 26.2 Å². The molecule has 0 aliphatic carbocycles. The van der Waals surface area contributed by atoms with Crippen LogP contribution in [-0.2, 0) is 0 Å². The molecule has 1 aromatic rings. The van der Waals surface area contributed by atoms with Gasteiger partial charge in [-0.2, -0.15) is 0 Å². The molecule has 0 amide bonds. The quantitative estimate of drug-likeness (QED) is 0.835. The summed E-state index contributed by atoms with van der Waals surface area (Å²) in [6, 6.07) is 4.01. The molecular formula is C12H16F2N2O. The number of benzene rings is 1. The molecule has 1 aliphatic heterocycles. The Balaban J connectivity index is 1.81. The van der Waals surface area contributed by atoms with Crippen molar-refractivity contribution in [2.45, 2.75) is 12.5 Å². The van der Waals surface area contributed by atoms with Crippen molar-refractivity contribution in [3.8, 4) is 5.75 Å². The zero-order valence-corrected chi connectivity index (χ0v) is 9.51. The van der Waals surface area contributed by atoms with E-state index in [0.717, 1.165) is 26.1 Å². The van der Waals surface area contributed by atoms with Gasteiger partial charge in [0.2, 0.25) is 0 Å². The third-order valence-corrected chi connectivity index (χ3v) is 2.76. The SMILES string of the molecule is Fc1cccc(F)c1OCCC1CNCCN1. The zero-order chi connectivity index (χ0) is 12.1. The molecule has 1 fully saturated rings. The molecule has 1 heterocycles. The maximum absolute atomic E-state index is 13.2. The maximum Gasteiger partial charge on any atom is 0.190 e. The predicted octanol–water partition coefficient (Wildman–Crippen LogP) is 1.30. The average Bonchev–Trinajstić information content (AvgIpc) is 2.34. The molecule has 0 saturated carbocycles. The first-order valence-electron chi connectivity index (χ1n) is 5.78. The van der Waals surface area contributed by atoms with Crippen LogP contribution in [0.2, 0.25) is 0 Å². The summed E-state index contributed by atoms with van der Waals surface area (Å²) in [5, 5.41) is 6.54. The lowest BCUT2D eigenvalue weighted by atomic mass is 10.2. The van der Waals surface area contributed by atoms with E-state index in [1.807, 2.05) is 0 Å². The van der Waals surface area contributed by atoms with Crippen molar-refractivity contribution in [3.63, 3.8) is 0 Å².